The van der Waals surface area contributed by atoms with Crippen LogP contribution in [0.2, 0.25) is 0 Å². The van der Waals surface area contributed by atoms with E-state index < -0.39 is 0 Å². The molecule has 2 heteroatoms. The van der Waals surface area contributed by atoms with Gasteiger partial charge in [-0.05, 0) is 32.8 Å². The topological polar surface area (TPSA) is 29.5 Å². The van der Waals surface area contributed by atoms with Gasteiger partial charge in [-0.3, -0.25) is 0 Å². The standard InChI is InChI=1S/C13H22O2/c1-5-7-8-12(6-2)11-15-13(3,4)9-10-14/h5-8,14H,1,9-11H2,2-4H3/b8-7-,12-6+. The molecule has 0 bridgehead atoms. The fraction of sp³-hybridized carbons (Fsp3) is 0.538. The molecule has 1 N–H and O–H groups in total. The number of hydrogen-bond acceptors (Lipinski definition) is 2. The van der Waals surface area contributed by atoms with Crippen molar-refractivity contribution in [2.24, 2.45) is 0 Å². The van der Waals surface area contributed by atoms with Crippen LogP contribution in [-0.4, -0.2) is 23.9 Å². The molecule has 0 saturated carbocycles. The first-order valence-electron chi connectivity index (χ1n) is 5.25. The first-order chi connectivity index (χ1) is 7.05. The Hall–Kier alpha value is -0.860. The lowest BCUT2D eigenvalue weighted by Gasteiger charge is -2.24. The Kier molecular flexibility index (Phi) is 7.01. The van der Waals surface area contributed by atoms with E-state index in [2.05, 4.69) is 6.58 Å². The van der Waals surface area contributed by atoms with E-state index >= 15 is 0 Å². The molecule has 0 aliphatic rings. The molecule has 0 aliphatic heterocycles. The van der Waals surface area contributed by atoms with Crippen molar-refractivity contribution in [3.05, 3.63) is 36.5 Å². The largest absolute Gasteiger partial charge is 0.396 e. The molecule has 0 aromatic heterocycles. The smallest absolute Gasteiger partial charge is 0.0721 e. The third-order valence-corrected chi connectivity index (χ3v) is 2.16. The summed E-state index contributed by atoms with van der Waals surface area (Å²) in [5, 5.41) is 8.84. The highest BCUT2D eigenvalue weighted by Crippen LogP contribution is 2.15. The summed E-state index contributed by atoms with van der Waals surface area (Å²) in [6.45, 7) is 10.3. The number of aliphatic hydroxyl groups is 1. The van der Waals surface area contributed by atoms with Crippen molar-refractivity contribution in [3.8, 4) is 0 Å². The number of rotatable bonds is 7. The predicted molar refractivity (Wildman–Crippen MR) is 64.8 cm³/mol. The van der Waals surface area contributed by atoms with Crippen molar-refractivity contribution in [1.29, 1.82) is 0 Å². The quantitative estimate of drug-likeness (QED) is 0.655. The molecule has 0 heterocycles. The SMILES string of the molecule is C=C/C=C\C(=C/C)COC(C)(C)CCO. The van der Waals surface area contributed by atoms with E-state index in [1.165, 1.54) is 0 Å². The van der Waals surface area contributed by atoms with Gasteiger partial charge in [0.05, 0.1) is 12.2 Å². The van der Waals surface area contributed by atoms with Crippen LogP contribution in [0.3, 0.4) is 0 Å². The molecule has 0 aliphatic carbocycles. The fourth-order valence-corrected chi connectivity index (χ4v) is 1.04. The van der Waals surface area contributed by atoms with Crippen LogP contribution in [0, 0.1) is 0 Å². The predicted octanol–water partition coefficient (Wildman–Crippen LogP) is 2.85. The van der Waals surface area contributed by atoms with E-state index in [4.69, 9.17) is 9.84 Å². The average Bonchev–Trinajstić information content (AvgIpc) is 2.18. The van der Waals surface area contributed by atoms with E-state index in [0.29, 0.717) is 13.0 Å². The maximum absolute atomic E-state index is 8.84. The summed E-state index contributed by atoms with van der Waals surface area (Å²) in [7, 11) is 0. The van der Waals surface area contributed by atoms with Gasteiger partial charge in [0.1, 0.15) is 0 Å². The summed E-state index contributed by atoms with van der Waals surface area (Å²) in [6.07, 6.45) is 8.26. The van der Waals surface area contributed by atoms with Crippen molar-refractivity contribution >= 4 is 0 Å². The zero-order chi connectivity index (χ0) is 11.7. The maximum atomic E-state index is 8.84. The third-order valence-electron chi connectivity index (χ3n) is 2.16. The normalized spacial score (nSPS) is 13.5. The van der Waals surface area contributed by atoms with Crippen molar-refractivity contribution < 1.29 is 9.84 Å². The van der Waals surface area contributed by atoms with E-state index in [1.807, 2.05) is 39.0 Å². The Bertz CT molecular complexity index is 237. The molecule has 0 aromatic rings. The molecule has 0 aromatic carbocycles. The molecule has 0 unspecified atom stereocenters. The monoisotopic (exact) mass is 210 g/mol. The summed E-state index contributed by atoms with van der Waals surface area (Å²) < 4.78 is 5.71. The summed E-state index contributed by atoms with van der Waals surface area (Å²) in [4.78, 5) is 0. The number of allylic oxidation sites excluding steroid dienone is 3. The van der Waals surface area contributed by atoms with Crippen LogP contribution < -0.4 is 0 Å². The lowest BCUT2D eigenvalue weighted by Crippen LogP contribution is -2.26. The first kappa shape index (κ1) is 14.1. The molecule has 0 rings (SSSR count). The van der Waals surface area contributed by atoms with Gasteiger partial charge in [0, 0.05) is 6.61 Å². The van der Waals surface area contributed by atoms with E-state index in [-0.39, 0.29) is 12.2 Å². The van der Waals surface area contributed by atoms with Gasteiger partial charge >= 0.3 is 0 Å². The van der Waals surface area contributed by atoms with Gasteiger partial charge in [-0.25, -0.2) is 0 Å². The molecule has 0 spiro atoms. The highest BCUT2D eigenvalue weighted by atomic mass is 16.5. The van der Waals surface area contributed by atoms with Crippen molar-refractivity contribution in [1.82, 2.24) is 0 Å². The molecular weight excluding hydrogens is 188 g/mol. The maximum Gasteiger partial charge on any atom is 0.0721 e. The fourth-order valence-electron chi connectivity index (χ4n) is 1.04. The highest BCUT2D eigenvalue weighted by molar-refractivity contribution is 5.21. The molecule has 15 heavy (non-hydrogen) atoms. The van der Waals surface area contributed by atoms with Crippen LogP contribution in [0.25, 0.3) is 0 Å². The van der Waals surface area contributed by atoms with E-state index in [0.717, 1.165) is 5.57 Å². The second kappa shape index (κ2) is 7.43. The van der Waals surface area contributed by atoms with Gasteiger partial charge in [0.25, 0.3) is 0 Å². The number of ether oxygens (including phenoxy) is 1. The highest BCUT2D eigenvalue weighted by Gasteiger charge is 2.17. The van der Waals surface area contributed by atoms with Gasteiger partial charge in [-0.15, -0.1) is 0 Å². The molecule has 86 valence electrons. The molecule has 0 fully saturated rings. The molecule has 0 radical (unpaired) electrons. The minimum absolute atomic E-state index is 0.153. The van der Waals surface area contributed by atoms with Gasteiger partial charge in [0.15, 0.2) is 0 Å². The lowest BCUT2D eigenvalue weighted by molar-refractivity contribution is -0.0200. The summed E-state index contributed by atoms with van der Waals surface area (Å²) in [5.74, 6) is 0. The minimum Gasteiger partial charge on any atom is -0.396 e. The average molecular weight is 210 g/mol. The Labute approximate surface area is 93.0 Å². The lowest BCUT2D eigenvalue weighted by atomic mass is 10.1. The molecule has 0 amide bonds. The van der Waals surface area contributed by atoms with Crippen LogP contribution in [-0.2, 0) is 4.74 Å². The van der Waals surface area contributed by atoms with Crippen LogP contribution in [0.4, 0.5) is 0 Å². The zero-order valence-corrected chi connectivity index (χ0v) is 9.99. The number of hydrogen-bond donors (Lipinski definition) is 1. The van der Waals surface area contributed by atoms with Crippen LogP contribution in [0.15, 0.2) is 36.5 Å². The Morgan fingerprint density at radius 3 is 2.60 bits per heavy atom. The molecule has 0 saturated heterocycles. The zero-order valence-electron chi connectivity index (χ0n) is 9.99. The Morgan fingerprint density at radius 1 is 1.47 bits per heavy atom. The second-order valence-corrected chi connectivity index (χ2v) is 3.98. The molecule has 2 nitrogen and oxygen atoms in total. The Morgan fingerprint density at radius 2 is 2.13 bits per heavy atom. The van der Waals surface area contributed by atoms with E-state index in [1.54, 1.807) is 6.08 Å². The van der Waals surface area contributed by atoms with E-state index in [9.17, 15) is 0 Å². The molecule has 0 atom stereocenters. The van der Waals surface area contributed by atoms with Crippen molar-refractivity contribution in [2.75, 3.05) is 13.2 Å². The summed E-state index contributed by atoms with van der Waals surface area (Å²) in [5.41, 5.74) is 0.839. The molecular formula is C13H22O2. The van der Waals surface area contributed by atoms with Crippen LogP contribution in [0.1, 0.15) is 27.2 Å². The van der Waals surface area contributed by atoms with Crippen molar-refractivity contribution in [2.45, 2.75) is 32.8 Å². The summed E-state index contributed by atoms with van der Waals surface area (Å²) >= 11 is 0. The van der Waals surface area contributed by atoms with Crippen molar-refractivity contribution in [3.63, 3.8) is 0 Å². The first-order valence-corrected chi connectivity index (χ1v) is 5.25. The van der Waals surface area contributed by atoms with Gasteiger partial charge in [-0.1, -0.05) is 30.9 Å². The Balaban J connectivity index is 4.11. The van der Waals surface area contributed by atoms with Gasteiger partial charge in [-0.2, -0.15) is 0 Å². The number of aliphatic hydroxyl groups excluding tert-OH is 1. The second-order valence-electron chi connectivity index (χ2n) is 3.98. The van der Waals surface area contributed by atoms with Gasteiger partial charge in [0.2, 0.25) is 0 Å². The summed E-state index contributed by atoms with van der Waals surface area (Å²) in [6, 6.07) is 0. The van der Waals surface area contributed by atoms with Gasteiger partial charge < -0.3 is 9.84 Å². The minimum atomic E-state index is -0.273. The third kappa shape index (κ3) is 7.11. The van der Waals surface area contributed by atoms with Crippen LogP contribution in [0.5, 0.6) is 0 Å². The van der Waals surface area contributed by atoms with Crippen LogP contribution >= 0.6 is 0 Å².